The molecule has 2 heteroatoms. The van der Waals surface area contributed by atoms with Crippen LogP contribution in [0.25, 0.3) is 0 Å². The third kappa shape index (κ3) is 2.21. The summed E-state index contributed by atoms with van der Waals surface area (Å²) in [7, 11) is 0. The van der Waals surface area contributed by atoms with Crippen molar-refractivity contribution < 1.29 is 4.74 Å². The minimum Gasteiger partial charge on any atom is -0.477 e. The smallest absolute Gasteiger partial charge is 0.216 e. The molecule has 2 fully saturated rings. The molecular formula is C14H19NO. The Morgan fingerprint density at radius 1 is 1.19 bits per heavy atom. The van der Waals surface area contributed by atoms with Crippen molar-refractivity contribution in [3.63, 3.8) is 0 Å². The second kappa shape index (κ2) is 4.44. The molecule has 0 aromatic carbocycles. The molecule has 3 rings (SSSR count). The van der Waals surface area contributed by atoms with E-state index in [9.17, 15) is 0 Å². The zero-order chi connectivity index (χ0) is 10.8. The molecule has 0 saturated heterocycles. The van der Waals surface area contributed by atoms with Crippen molar-refractivity contribution in [2.24, 2.45) is 5.92 Å². The van der Waals surface area contributed by atoms with Crippen molar-refractivity contribution in [1.29, 1.82) is 0 Å². The Bertz CT molecular complexity index is 354. The predicted molar refractivity (Wildman–Crippen MR) is 63.7 cm³/mol. The summed E-state index contributed by atoms with van der Waals surface area (Å²) in [6, 6.07) is 4.24. The standard InChI is InChI=1S/C14H19NO/c1-2-5-12(4-1)13-6-3-9-15-14(13)16-10-11-7-8-11/h3,6,9,11-12H,1-2,4-5,7-8,10H2. The van der Waals surface area contributed by atoms with Crippen LogP contribution in [0.1, 0.15) is 50.0 Å². The maximum absolute atomic E-state index is 5.86. The second-order valence-electron chi connectivity index (χ2n) is 5.13. The fourth-order valence-corrected chi connectivity index (χ4v) is 2.55. The van der Waals surface area contributed by atoms with E-state index in [0.29, 0.717) is 5.92 Å². The van der Waals surface area contributed by atoms with Crippen molar-refractivity contribution in [2.75, 3.05) is 6.61 Å². The average Bonchev–Trinajstić information content (AvgIpc) is 3.00. The van der Waals surface area contributed by atoms with Crippen molar-refractivity contribution in [1.82, 2.24) is 4.98 Å². The van der Waals surface area contributed by atoms with Gasteiger partial charge in [-0.05, 0) is 43.6 Å². The highest BCUT2D eigenvalue weighted by atomic mass is 16.5. The van der Waals surface area contributed by atoms with Gasteiger partial charge in [-0.1, -0.05) is 18.9 Å². The summed E-state index contributed by atoms with van der Waals surface area (Å²) in [6.07, 6.45) is 9.87. The number of pyridine rings is 1. The van der Waals surface area contributed by atoms with Gasteiger partial charge in [0.2, 0.25) is 5.88 Å². The fourth-order valence-electron chi connectivity index (χ4n) is 2.55. The third-order valence-corrected chi connectivity index (χ3v) is 3.75. The SMILES string of the molecule is c1cnc(OCC2CC2)c(C2CCCC2)c1. The molecule has 2 saturated carbocycles. The van der Waals surface area contributed by atoms with Crippen molar-refractivity contribution >= 4 is 0 Å². The summed E-state index contributed by atoms with van der Waals surface area (Å²) in [5.74, 6) is 2.41. The molecule has 0 radical (unpaired) electrons. The summed E-state index contributed by atoms with van der Waals surface area (Å²) < 4.78 is 5.86. The molecule has 0 N–H and O–H groups in total. The van der Waals surface area contributed by atoms with Crippen LogP contribution in [-0.2, 0) is 0 Å². The van der Waals surface area contributed by atoms with E-state index in [-0.39, 0.29) is 0 Å². The molecule has 2 aliphatic carbocycles. The van der Waals surface area contributed by atoms with Gasteiger partial charge in [-0.15, -0.1) is 0 Å². The summed E-state index contributed by atoms with van der Waals surface area (Å²) in [4.78, 5) is 4.40. The predicted octanol–water partition coefficient (Wildman–Crippen LogP) is 3.53. The molecule has 16 heavy (non-hydrogen) atoms. The Labute approximate surface area is 97.0 Å². The molecule has 0 atom stereocenters. The molecule has 0 spiro atoms. The number of aromatic nitrogens is 1. The first kappa shape index (κ1) is 10.1. The molecule has 0 bridgehead atoms. The van der Waals surface area contributed by atoms with Gasteiger partial charge in [0.25, 0.3) is 0 Å². The lowest BCUT2D eigenvalue weighted by Gasteiger charge is -2.14. The van der Waals surface area contributed by atoms with E-state index >= 15 is 0 Å². The molecule has 0 unspecified atom stereocenters. The monoisotopic (exact) mass is 217 g/mol. The summed E-state index contributed by atoms with van der Waals surface area (Å²) >= 11 is 0. The molecule has 2 nitrogen and oxygen atoms in total. The average molecular weight is 217 g/mol. The third-order valence-electron chi connectivity index (χ3n) is 3.75. The first-order chi connectivity index (χ1) is 7.93. The molecular weight excluding hydrogens is 198 g/mol. The van der Waals surface area contributed by atoms with Gasteiger partial charge in [0.1, 0.15) is 0 Å². The van der Waals surface area contributed by atoms with Crippen LogP contribution in [0.3, 0.4) is 0 Å². The Kier molecular flexibility index (Phi) is 2.81. The van der Waals surface area contributed by atoms with Crippen molar-refractivity contribution in [3.05, 3.63) is 23.9 Å². The van der Waals surface area contributed by atoms with Crippen LogP contribution >= 0.6 is 0 Å². The van der Waals surface area contributed by atoms with E-state index in [0.717, 1.165) is 18.4 Å². The Morgan fingerprint density at radius 3 is 2.75 bits per heavy atom. The Balaban J connectivity index is 1.73. The molecule has 1 aromatic rings. The van der Waals surface area contributed by atoms with Gasteiger partial charge in [0.15, 0.2) is 0 Å². The lowest BCUT2D eigenvalue weighted by molar-refractivity contribution is 0.283. The molecule has 0 amide bonds. The first-order valence-electron chi connectivity index (χ1n) is 6.51. The van der Waals surface area contributed by atoms with E-state index in [1.165, 1.54) is 44.1 Å². The van der Waals surface area contributed by atoms with E-state index in [1.807, 2.05) is 12.3 Å². The summed E-state index contributed by atoms with van der Waals surface area (Å²) in [5.41, 5.74) is 1.35. The normalized spacial score (nSPS) is 21.2. The van der Waals surface area contributed by atoms with Crippen LogP contribution in [0.4, 0.5) is 0 Å². The van der Waals surface area contributed by atoms with Gasteiger partial charge < -0.3 is 4.74 Å². The Hall–Kier alpha value is -1.05. The second-order valence-corrected chi connectivity index (χ2v) is 5.13. The van der Waals surface area contributed by atoms with E-state index in [4.69, 9.17) is 4.74 Å². The highest BCUT2D eigenvalue weighted by Crippen LogP contribution is 2.38. The largest absolute Gasteiger partial charge is 0.477 e. The van der Waals surface area contributed by atoms with Gasteiger partial charge >= 0.3 is 0 Å². The number of hydrogen-bond donors (Lipinski definition) is 0. The van der Waals surface area contributed by atoms with Gasteiger partial charge in [0, 0.05) is 11.8 Å². The molecule has 1 aromatic heterocycles. The van der Waals surface area contributed by atoms with Crippen molar-refractivity contribution in [2.45, 2.75) is 44.4 Å². The number of ether oxygens (including phenoxy) is 1. The van der Waals surface area contributed by atoms with E-state index < -0.39 is 0 Å². The van der Waals surface area contributed by atoms with Crippen LogP contribution in [0.5, 0.6) is 5.88 Å². The molecule has 1 heterocycles. The highest BCUT2D eigenvalue weighted by Gasteiger charge is 2.25. The number of rotatable bonds is 4. The lowest BCUT2D eigenvalue weighted by Crippen LogP contribution is -2.05. The highest BCUT2D eigenvalue weighted by molar-refractivity contribution is 5.30. The van der Waals surface area contributed by atoms with E-state index in [1.54, 1.807) is 0 Å². The van der Waals surface area contributed by atoms with Crippen LogP contribution in [-0.4, -0.2) is 11.6 Å². The van der Waals surface area contributed by atoms with Gasteiger partial charge in [-0.2, -0.15) is 0 Å². The maximum atomic E-state index is 5.86. The van der Waals surface area contributed by atoms with Crippen LogP contribution < -0.4 is 4.74 Å². The lowest BCUT2D eigenvalue weighted by atomic mass is 9.99. The van der Waals surface area contributed by atoms with Crippen LogP contribution in [0.15, 0.2) is 18.3 Å². The zero-order valence-corrected chi connectivity index (χ0v) is 9.69. The fraction of sp³-hybridized carbons (Fsp3) is 0.643. The van der Waals surface area contributed by atoms with Gasteiger partial charge in [0.05, 0.1) is 6.61 Å². The Morgan fingerprint density at radius 2 is 2.00 bits per heavy atom. The molecule has 86 valence electrons. The topological polar surface area (TPSA) is 22.1 Å². The first-order valence-corrected chi connectivity index (χ1v) is 6.51. The molecule has 0 aliphatic heterocycles. The minimum atomic E-state index is 0.697. The quantitative estimate of drug-likeness (QED) is 0.769. The number of nitrogens with zero attached hydrogens (tertiary/aromatic N) is 1. The number of hydrogen-bond acceptors (Lipinski definition) is 2. The van der Waals surface area contributed by atoms with Gasteiger partial charge in [-0.25, -0.2) is 4.98 Å². The summed E-state index contributed by atoms with van der Waals surface area (Å²) in [5, 5.41) is 0. The maximum Gasteiger partial charge on any atom is 0.216 e. The van der Waals surface area contributed by atoms with E-state index in [2.05, 4.69) is 11.1 Å². The van der Waals surface area contributed by atoms with Crippen LogP contribution in [0.2, 0.25) is 0 Å². The molecule has 2 aliphatic rings. The van der Waals surface area contributed by atoms with Gasteiger partial charge in [-0.3, -0.25) is 0 Å². The van der Waals surface area contributed by atoms with Crippen LogP contribution in [0, 0.1) is 5.92 Å². The minimum absolute atomic E-state index is 0.697. The zero-order valence-electron chi connectivity index (χ0n) is 9.69. The van der Waals surface area contributed by atoms with Crippen molar-refractivity contribution in [3.8, 4) is 5.88 Å². The summed E-state index contributed by atoms with van der Waals surface area (Å²) in [6.45, 7) is 0.872.